The maximum absolute atomic E-state index is 6.17. The normalized spacial score (nSPS) is 23.7. The van der Waals surface area contributed by atoms with Crippen LogP contribution >= 0.6 is 11.8 Å². The minimum Gasteiger partial charge on any atom is -1.00 e. The van der Waals surface area contributed by atoms with Gasteiger partial charge < -0.3 is 24.8 Å². The summed E-state index contributed by atoms with van der Waals surface area (Å²) in [6.45, 7) is 13.7. The molecule has 0 aliphatic heterocycles. The molecule has 0 aromatic heterocycles. The van der Waals surface area contributed by atoms with E-state index in [1.54, 1.807) is 0 Å². The number of hydrogen-bond donors (Lipinski definition) is 0. The van der Waals surface area contributed by atoms with Crippen LogP contribution in [0.15, 0.2) is 44.2 Å². The summed E-state index contributed by atoms with van der Waals surface area (Å²) in [7, 11) is 1.86. The van der Waals surface area contributed by atoms with E-state index in [2.05, 4.69) is 86.3 Å². The molecule has 1 unspecified atom stereocenters. The zero-order valence-corrected chi connectivity index (χ0v) is 20.2. The smallest absolute Gasteiger partial charge is 1.00 e. The van der Waals surface area contributed by atoms with Gasteiger partial charge in [-0.1, -0.05) is 0 Å². The van der Waals surface area contributed by atoms with E-state index in [-0.39, 0.29) is 40.6 Å². The molecule has 0 radical (unpaired) electrons. The Bertz CT molecular complexity index is 606. The van der Waals surface area contributed by atoms with Gasteiger partial charge in [-0.25, -0.2) is 0 Å². The van der Waals surface area contributed by atoms with Crippen LogP contribution in [0.2, 0.25) is 0 Å². The van der Waals surface area contributed by atoms with E-state index >= 15 is 0 Å². The second kappa shape index (κ2) is 9.17. The average Bonchev–Trinajstić information content (AvgIpc) is 2.82. The molecule has 0 fully saturated rings. The molecule has 25 heavy (non-hydrogen) atoms. The summed E-state index contributed by atoms with van der Waals surface area (Å²) in [5.74, 6) is 0. The minimum atomic E-state index is -0.293. The summed E-state index contributed by atoms with van der Waals surface area (Å²) in [4.78, 5) is 1.08. The van der Waals surface area contributed by atoms with Crippen molar-refractivity contribution in [1.82, 2.24) is 0 Å². The summed E-state index contributed by atoms with van der Waals surface area (Å²) in [5, 5.41) is 0. The van der Waals surface area contributed by atoms with Crippen LogP contribution in [0.4, 0.5) is 0 Å². The Kier molecular flexibility index (Phi) is 9.38. The van der Waals surface area contributed by atoms with E-state index in [9.17, 15) is 0 Å². The molecule has 0 aromatic carbocycles. The molecular formula is C20H29Cl2OSTi. The summed E-state index contributed by atoms with van der Waals surface area (Å²) in [6.07, 6.45) is 11.3. The fraction of sp³-hybridized carbons (Fsp3) is 0.600. The number of rotatable bonds is 3. The summed E-state index contributed by atoms with van der Waals surface area (Å²) in [5.41, 5.74) is 3.06. The molecule has 139 valence electrons. The summed E-state index contributed by atoms with van der Waals surface area (Å²) >= 11 is 4.12. The van der Waals surface area contributed by atoms with Gasteiger partial charge in [0.1, 0.15) is 0 Å². The van der Waals surface area contributed by atoms with Gasteiger partial charge in [-0.2, -0.15) is 0 Å². The van der Waals surface area contributed by atoms with Gasteiger partial charge in [-0.05, 0) is 0 Å². The van der Waals surface area contributed by atoms with Gasteiger partial charge in [0, 0.05) is 0 Å². The van der Waals surface area contributed by atoms with Gasteiger partial charge in [0.2, 0.25) is 0 Å². The Morgan fingerprint density at radius 2 is 1.68 bits per heavy atom. The first kappa shape index (κ1) is 25.6. The number of ether oxygens (including phenoxy) is 1. The largest absolute Gasteiger partial charge is 1.00 e. The molecule has 0 amide bonds. The second-order valence-corrected chi connectivity index (χ2v) is 10.7. The van der Waals surface area contributed by atoms with E-state index in [0.29, 0.717) is 0 Å². The Morgan fingerprint density at radius 1 is 1.08 bits per heavy atom. The third-order valence-electron chi connectivity index (χ3n) is 4.47. The van der Waals surface area contributed by atoms with Crippen molar-refractivity contribution in [2.24, 2.45) is 10.8 Å². The standard InChI is InChI=1S/C20H29OS.2ClH.Ti/c1-18(2,3)15-12-13-20(21-7,17(14-15)19(4,5)6)22-16-10-8-9-11-16;;;/h8,10,12,14H,9,13H2,1-7H3;2*1H;/q;;;+2/p-2. The second-order valence-electron chi connectivity index (χ2n) is 8.43. The first-order valence-electron chi connectivity index (χ1n) is 8.28. The van der Waals surface area contributed by atoms with E-state index in [4.69, 9.17) is 4.74 Å². The first-order valence-corrected chi connectivity index (χ1v) is 9.88. The van der Waals surface area contributed by atoms with E-state index in [1.807, 2.05) is 18.9 Å². The third-order valence-corrected chi connectivity index (χ3v) is 6.98. The van der Waals surface area contributed by atoms with Crippen LogP contribution in [0.3, 0.4) is 0 Å². The molecule has 0 aromatic rings. The van der Waals surface area contributed by atoms with Gasteiger partial charge in [0.25, 0.3) is 0 Å². The Hall–Kier alpha value is 0.564. The number of hydrogen-bond acceptors (Lipinski definition) is 2. The van der Waals surface area contributed by atoms with Crippen molar-refractivity contribution >= 4 is 11.8 Å². The van der Waals surface area contributed by atoms with Crippen LogP contribution < -0.4 is 24.8 Å². The molecule has 0 N–H and O–H groups in total. The molecule has 2 aliphatic rings. The first-order chi connectivity index (χ1) is 10.5. The fourth-order valence-corrected chi connectivity index (χ4v) is 5.08. The minimum absolute atomic E-state index is 0. The average molecular weight is 436 g/mol. The van der Waals surface area contributed by atoms with E-state index < -0.39 is 0 Å². The van der Waals surface area contributed by atoms with Crippen molar-refractivity contribution in [2.75, 3.05) is 7.11 Å². The van der Waals surface area contributed by atoms with Crippen molar-refractivity contribution in [3.63, 3.8) is 0 Å². The predicted molar refractivity (Wildman–Crippen MR) is 97.8 cm³/mol. The zero-order valence-electron chi connectivity index (χ0n) is 16.3. The SMILES string of the molecule is COC1(SC2=[C]([Ti+2])CC=C2)CC=C(C(C)(C)C)C=C1C(C)(C)C.[Cl-].[Cl-]. The van der Waals surface area contributed by atoms with Crippen molar-refractivity contribution < 1.29 is 50.0 Å². The molecule has 1 nitrogen and oxygen atoms in total. The number of thioether (sulfide) groups is 1. The summed E-state index contributed by atoms with van der Waals surface area (Å²) in [6, 6.07) is 0. The zero-order chi connectivity index (χ0) is 17.5. The molecule has 0 spiro atoms. The number of allylic oxidation sites excluding steroid dienone is 5. The van der Waals surface area contributed by atoms with Crippen LogP contribution in [-0.2, 0) is 25.2 Å². The van der Waals surface area contributed by atoms with Crippen LogP contribution in [0.25, 0.3) is 0 Å². The van der Waals surface area contributed by atoms with Crippen molar-refractivity contribution in [3.8, 4) is 0 Å². The molecule has 0 bridgehead atoms. The summed E-state index contributed by atoms with van der Waals surface area (Å²) < 4.78 is 7.62. The van der Waals surface area contributed by atoms with Gasteiger partial charge >= 0.3 is 158 Å². The topological polar surface area (TPSA) is 9.23 Å². The van der Waals surface area contributed by atoms with Crippen molar-refractivity contribution in [3.05, 3.63) is 44.2 Å². The number of methoxy groups -OCH3 is 1. The van der Waals surface area contributed by atoms with E-state index in [1.165, 1.54) is 19.9 Å². The molecule has 0 saturated carbocycles. The number of halogens is 2. The molecule has 0 heterocycles. The van der Waals surface area contributed by atoms with Gasteiger partial charge in [-0.3, -0.25) is 0 Å². The van der Waals surface area contributed by atoms with Crippen LogP contribution in [0.5, 0.6) is 0 Å². The predicted octanol–water partition coefficient (Wildman–Crippen LogP) is 0.137. The van der Waals surface area contributed by atoms with Crippen LogP contribution in [-0.4, -0.2) is 12.0 Å². The molecule has 2 aliphatic carbocycles. The van der Waals surface area contributed by atoms with Gasteiger partial charge in [0.15, 0.2) is 0 Å². The molecule has 5 heteroatoms. The van der Waals surface area contributed by atoms with E-state index in [0.717, 1.165) is 12.8 Å². The van der Waals surface area contributed by atoms with Crippen LogP contribution in [0.1, 0.15) is 54.4 Å². The van der Waals surface area contributed by atoms with Gasteiger partial charge in [-0.15, -0.1) is 0 Å². The molecule has 0 saturated heterocycles. The van der Waals surface area contributed by atoms with Crippen molar-refractivity contribution in [1.29, 1.82) is 0 Å². The fourth-order valence-electron chi connectivity index (χ4n) is 3.08. The van der Waals surface area contributed by atoms with Gasteiger partial charge in [0.05, 0.1) is 0 Å². The Labute approximate surface area is 182 Å². The maximum Gasteiger partial charge on any atom is -1.00 e. The molecule has 1 atom stereocenters. The third kappa shape index (κ3) is 5.77. The Balaban J connectivity index is 0.00000288. The van der Waals surface area contributed by atoms with Crippen molar-refractivity contribution in [2.45, 2.75) is 59.3 Å². The van der Waals surface area contributed by atoms with Crippen LogP contribution in [0, 0.1) is 10.8 Å². The molecule has 2 rings (SSSR count). The molecular weight excluding hydrogens is 407 g/mol. The maximum atomic E-state index is 6.17. The monoisotopic (exact) mass is 435 g/mol. The Morgan fingerprint density at radius 3 is 2.08 bits per heavy atom. The quantitative estimate of drug-likeness (QED) is 0.460.